The molecule has 0 aliphatic heterocycles. The number of nitrogens with zero attached hydrogens (tertiary/aromatic N) is 1. The summed E-state index contributed by atoms with van der Waals surface area (Å²) in [5.41, 5.74) is 7.10. The summed E-state index contributed by atoms with van der Waals surface area (Å²) in [7, 11) is 0. The molecule has 0 aliphatic carbocycles. The van der Waals surface area contributed by atoms with Gasteiger partial charge in [-0.1, -0.05) is 6.07 Å². The summed E-state index contributed by atoms with van der Waals surface area (Å²) in [6.45, 7) is 0. The quantitative estimate of drug-likeness (QED) is 0.518. The molecular formula is C12H11BrN2OS. The second kappa shape index (κ2) is 5.42. The van der Waals surface area contributed by atoms with Gasteiger partial charge in [-0.3, -0.25) is 0 Å². The molecule has 2 rings (SSSR count). The fraction of sp³-hybridized carbons (Fsp3) is 0.0833. The molecule has 0 aliphatic rings. The lowest BCUT2D eigenvalue weighted by molar-refractivity contribution is 0.478. The molecule has 0 bridgehead atoms. The van der Waals surface area contributed by atoms with E-state index in [0.29, 0.717) is 5.69 Å². The molecule has 0 amide bonds. The number of nitrogen functional groups attached to an aromatic ring is 1. The van der Waals surface area contributed by atoms with Crippen LogP contribution >= 0.6 is 27.7 Å². The standard InChI is InChI=1S/C12H11BrN2OS/c13-9-2-4-12(15-6-9)17-7-8-1-3-11(16)10(14)5-8/h1-6,16H,7,14H2. The molecule has 0 saturated carbocycles. The Kier molecular flexibility index (Phi) is 3.91. The molecular weight excluding hydrogens is 300 g/mol. The van der Waals surface area contributed by atoms with E-state index in [9.17, 15) is 5.11 Å². The highest BCUT2D eigenvalue weighted by Crippen LogP contribution is 2.26. The zero-order valence-corrected chi connectivity index (χ0v) is 11.3. The van der Waals surface area contributed by atoms with Crippen molar-refractivity contribution in [2.24, 2.45) is 0 Å². The van der Waals surface area contributed by atoms with Gasteiger partial charge in [0.1, 0.15) is 5.75 Å². The van der Waals surface area contributed by atoms with Crippen molar-refractivity contribution in [3.05, 3.63) is 46.6 Å². The van der Waals surface area contributed by atoms with E-state index in [1.807, 2.05) is 18.2 Å². The highest BCUT2D eigenvalue weighted by Gasteiger charge is 2.01. The normalized spacial score (nSPS) is 10.4. The number of benzene rings is 1. The second-order valence-electron chi connectivity index (χ2n) is 3.50. The van der Waals surface area contributed by atoms with Crippen molar-refractivity contribution in [1.82, 2.24) is 4.98 Å². The molecule has 0 unspecified atom stereocenters. The summed E-state index contributed by atoms with van der Waals surface area (Å²) in [5.74, 6) is 0.902. The van der Waals surface area contributed by atoms with Gasteiger partial charge < -0.3 is 10.8 Å². The van der Waals surface area contributed by atoms with E-state index in [1.54, 1.807) is 30.1 Å². The average molecular weight is 311 g/mol. The molecule has 0 spiro atoms. The van der Waals surface area contributed by atoms with E-state index in [1.165, 1.54) is 0 Å². The van der Waals surface area contributed by atoms with Crippen molar-refractivity contribution in [2.75, 3.05) is 5.73 Å². The number of hydrogen-bond donors (Lipinski definition) is 2. The fourth-order valence-electron chi connectivity index (χ4n) is 1.30. The van der Waals surface area contributed by atoms with Crippen LogP contribution in [0.5, 0.6) is 5.75 Å². The van der Waals surface area contributed by atoms with E-state index in [4.69, 9.17) is 5.73 Å². The SMILES string of the molecule is Nc1cc(CSc2ccc(Br)cn2)ccc1O. The van der Waals surface area contributed by atoms with Crippen molar-refractivity contribution in [2.45, 2.75) is 10.8 Å². The van der Waals surface area contributed by atoms with Gasteiger partial charge >= 0.3 is 0 Å². The lowest BCUT2D eigenvalue weighted by Gasteiger charge is -2.04. The minimum atomic E-state index is 0.125. The van der Waals surface area contributed by atoms with Gasteiger partial charge in [0.2, 0.25) is 0 Å². The number of anilines is 1. The number of phenols is 1. The van der Waals surface area contributed by atoms with Crippen LogP contribution in [0, 0.1) is 0 Å². The van der Waals surface area contributed by atoms with Gasteiger partial charge in [0.15, 0.2) is 0 Å². The van der Waals surface area contributed by atoms with Gasteiger partial charge in [-0.15, -0.1) is 11.8 Å². The van der Waals surface area contributed by atoms with E-state index < -0.39 is 0 Å². The van der Waals surface area contributed by atoms with Gasteiger partial charge in [-0.05, 0) is 45.8 Å². The molecule has 17 heavy (non-hydrogen) atoms. The third-order valence-corrected chi connectivity index (χ3v) is 3.66. The van der Waals surface area contributed by atoms with E-state index in [0.717, 1.165) is 20.8 Å². The molecule has 3 nitrogen and oxygen atoms in total. The van der Waals surface area contributed by atoms with Crippen molar-refractivity contribution in [3.63, 3.8) is 0 Å². The molecule has 0 saturated heterocycles. The van der Waals surface area contributed by atoms with Crippen LogP contribution in [-0.4, -0.2) is 10.1 Å². The molecule has 88 valence electrons. The summed E-state index contributed by atoms with van der Waals surface area (Å²) < 4.78 is 0.968. The van der Waals surface area contributed by atoms with Crippen LogP contribution in [0.2, 0.25) is 0 Å². The van der Waals surface area contributed by atoms with Gasteiger partial charge in [-0.2, -0.15) is 0 Å². The minimum absolute atomic E-state index is 0.125. The number of halogens is 1. The lowest BCUT2D eigenvalue weighted by Crippen LogP contribution is -1.89. The second-order valence-corrected chi connectivity index (χ2v) is 5.41. The monoisotopic (exact) mass is 310 g/mol. The number of aromatic nitrogens is 1. The Morgan fingerprint density at radius 2 is 2.12 bits per heavy atom. The Labute approximate surface area is 112 Å². The maximum Gasteiger partial charge on any atom is 0.138 e. The summed E-state index contributed by atoms with van der Waals surface area (Å²) in [6, 6.07) is 9.16. The third-order valence-electron chi connectivity index (χ3n) is 2.18. The third kappa shape index (κ3) is 3.38. The van der Waals surface area contributed by atoms with Crippen molar-refractivity contribution >= 4 is 33.4 Å². The van der Waals surface area contributed by atoms with Crippen LogP contribution < -0.4 is 5.73 Å². The molecule has 0 atom stereocenters. The Bertz CT molecular complexity index is 516. The topological polar surface area (TPSA) is 59.1 Å². The van der Waals surface area contributed by atoms with Gasteiger partial charge in [0, 0.05) is 16.4 Å². The van der Waals surface area contributed by atoms with Gasteiger partial charge in [0.05, 0.1) is 10.7 Å². The Hall–Kier alpha value is -1.20. The first-order valence-corrected chi connectivity index (χ1v) is 6.75. The molecule has 1 heterocycles. The summed E-state index contributed by atoms with van der Waals surface area (Å²) in [5, 5.41) is 10.3. The Morgan fingerprint density at radius 1 is 1.29 bits per heavy atom. The van der Waals surface area contributed by atoms with Crippen LogP contribution in [0.1, 0.15) is 5.56 Å². The van der Waals surface area contributed by atoms with Crippen LogP contribution in [-0.2, 0) is 5.75 Å². The fourth-order valence-corrected chi connectivity index (χ4v) is 2.32. The summed E-state index contributed by atoms with van der Waals surface area (Å²) in [4.78, 5) is 4.27. The molecule has 0 fully saturated rings. The summed E-state index contributed by atoms with van der Waals surface area (Å²) >= 11 is 4.97. The van der Waals surface area contributed by atoms with Crippen LogP contribution in [0.3, 0.4) is 0 Å². The number of nitrogens with two attached hydrogens (primary N) is 1. The van der Waals surface area contributed by atoms with E-state index in [2.05, 4.69) is 20.9 Å². The zero-order chi connectivity index (χ0) is 12.3. The number of hydrogen-bond acceptors (Lipinski definition) is 4. The lowest BCUT2D eigenvalue weighted by atomic mass is 10.2. The van der Waals surface area contributed by atoms with E-state index in [-0.39, 0.29) is 5.75 Å². The summed E-state index contributed by atoms with van der Waals surface area (Å²) in [6.07, 6.45) is 1.77. The average Bonchev–Trinajstić information content (AvgIpc) is 2.33. The molecule has 2 aromatic rings. The number of phenolic OH excluding ortho intramolecular Hbond substituents is 1. The number of thioether (sulfide) groups is 1. The predicted octanol–water partition coefficient (Wildman–Crippen LogP) is 3.42. The van der Waals surface area contributed by atoms with Crippen LogP contribution in [0.4, 0.5) is 5.69 Å². The van der Waals surface area contributed by atoms with Crippen molar-refractivity contribution < 1.29 is 5.11 Å². The smallest absolute Gasteiger partial charge is 0.138 e. The van der Waals surface area contributed by atoms with Gasteiger partial charge in [-0.25, -0.2) is 4.98 Å². The Balaban J connectivity index is 2.02. The number of rotatable bonds is 3. The van der Waals surface area contributed by atoms with Crippen LogP contribution in [0.25, 0.3) is 0 Å². The Morgan fingerprint density at radius 3 is 2.76 bits per heavy atom. The zero-order valence-electron chi connectivity index (χ0n) is 8.93. The number of pyridine rings is 1. The first-order chi connectivity index (χ1) is 8.15. The van der Waals surface area contributed by atoms with Crippen molar-refractivity contribution in [1.29, 1.82) is 0 Å². The van der Waals surface area contributed by atoms with Crippen LogP contribution in [0.15, 0.2) is 46.0 Å². The molecule has 3 N–H and O–H groups in total. The minimum Gasteiger partial charge on any atom is -0.506 e. The molecule has 1 aromatic heterocycles. The largest absolute Gasteiger partial charge is 0.506 e. The van der Waals surface area contributed by atoms with Gasteiger partial charge in [0.25, 0.3) is 0 Å². The molecule has 0 radical (unpaired) electrons. The van der Waals surface area contributed by atoms with Crippen molar-refractivity contribution in [3.8, 4) is 5.75 Å². The molecule has 5 heteroatoms. The van der Waals surface area contributed by atoms with E-state index >= 15 is 0 Å². The first-order valence-electron chi connectivity index (χ1n) is 4.97. The maximum absolute atomic E-state index is 9.31. The highest BCUT2D eigenvalue weighted by molar-refractivity contribution is 9.10. The first kappa shape index (κ1) is 12.3. The maximum atomic E-state index is 9.31. The highest BCUT2D eigenvalue weighted by atomic mass is 79.9. The number of aromatic hydroxyl groups is 1. The molecule has 1 aromatic carbocycles. The predicted molar refractivity (Wildman–Crippen MR) is 74.0 cm³/mol.